The average molecular weight is 450 g/mol. The molecule has 8 heteroatoms. The Balaban J connectivity index is 1.50. The lowest BCUT2D eigenvalue weighted by Crippen LogP contribution is -2.30. The molecular formula is C20H20ClN3OS3. The van der Waals surface area contributed by atoms with Gasteiger partial charge in [-0.1, -0.05) is 53.8 Å². The normalized spacial score (nSPS) is 19.2. The van der Waals surface area contributed by atoms with Crippen molar-refractivity contribution in [3.8, 4) is 0 Å². The van der Waals surface area contributed by atoms with Gasteiger partial charge in [0.05, 0.1) is 22.4 Å². The fourth-order valence-electron chi connectivity index (χ4n) is 3.46. The molecular weight excluding hydrogens is 430 g/mol. The molecule has 2 aliphatic rings. The Morgan fingerprint density at radius 3 is 2.68 bits per heavy atom. The van der Waals surface area contributed by atoms with Crippen molar-refractivity contribution < 1.29 is 4.79 Å². The van der Waals surface area contributed by atoms with Gasteiger partial charge in [0.25, 0.3) is 5.91 Å². The number of amides is 1. The van der Waals surface area contributed by atoms with E-state index in [-0.39, 0.29) is 11.9 Å². The van der Waals surface area contributed by atoms with Crippen molar-refractivity contribution in [3.63, 3.8) is 0 Å². The smallest absolute Gasteiger partial charge is 0.253 e. The van der Waals surface area contributed by atoms with E-state index in [0.29, 0.717) is 17.2 Å². The van der Waals surface area contributed by atoms with Gasteiger partial charge in [0.15, 0.2) is 0 Å². The average Bonchev–Trinajstić information content (AvgIpc) is 3.47. The van der Waals surface area contributed by atoms with Gasteiger partial charge >= 0.3 is 0 Å². The van der Waals surface area contributed by atoms with Crippen molar-refractivity contribution in [2.24, 2.45) is 5.10 Å². The second-order valence-electron chi connectivity index (χ2n) is 6.78. The Morgan fingerprint density at radius 1 is 1.25 bits per heavy atom. The van der Waals surface area contributed by atoms with Crippen molar-refractivity contribution in [2.75, 3.05) is 18.8 Å². The van der Waals surface area contributed by atoms with Crippen LogP contribution >= 0.6 is 46.9 Å². The quantitative estimate of drug-likeness (QED) is 0.601. The Hall–Kier alpha value is -1.41. The maximum atomic E-state index is 13.0. The van der Waals surface area contributed by atoms with Crippen LogP contribution in [0.2, 0.25) is 5.02 Å². The molecule has 4 rings (SSSR count). The predicted octanol–water partition coefficient (Wildman–Crippen LogP) is 5.19. The lowest BCUT2D eigenvalue weighted by Gasteiger charge is -2.23. The fraction of sp³-hybridized carbons (Fsp3) is 0.350. The van der Waals surface area contributed by atoms with Gasteiger partial charge in [0.1, 0.15) is 4.32 Å². The van der Waals surface area contributed by atoms with Gasteiger partial charge in [-0.25, -0.2) is 5.01 Å². The Bertz CT molecular complexity index is 877. The summed E-state index contributed by atoms with van der Waals surface area (Å²) in [6, 6.07) is 11.6. The molecule has 0 bridgehead atoms. The number of likely N-dealkylation sites (tertiary alicyclic amines) is 1. The molecule has 0 saturated carbocycles. The fourth-order valence-corrected chi connectivity index (χ4v) is 5.41. The van der Waals surface area contributed by atoms with E-state index in [2.05, 4.69) is 4.90 Å². The predicted molar refractivity (Wildman–Crippen MR) is 122 cm³/mol. The number of thioether (sulfide) groups is 1. The van der Waals surface area contributed by atoms with E-state index in [0.717, 1.165) is 33.6 Å². The monoisotopic (exact) mass is 449 g/mol. The molecule has 0 radical (unpaired) electrons. The molecule has 3 heterocycles. The largest absolute Gasteiger partial charge is 0.358 e. The van der Waals surface area contributed by atoms with Gasteiger partial charge in [-0.15, -0.1) is 11.3 Å². The number of thiophene rings is 1. The van der Waals surface area contributed by atoms with Gasteiger partial charge in [0.2, 0.25) is 0 Å². The van der Waals surface area contributed by atoms with Gasteiger partial charge in [-0.05, 0) is 42.0 Å². The molecule has 2 aliphatic heterocycles. The molecule has 1 unspecified atom stereocenters. The Morgan fingerprint density at radius 2 is 2.00 bits per heavy atom. The first-order valence-electron chi connectivity index (χ1n) is 9.22. The van der Waals surface area contributed by atoms with E-state index in [4.69, 9.17) is 28.9 Å². The Labute approximate surface area is 183 Å². The number of carbonyl (C=O) groups excluding carboxylic acids is 1. The lowest BCUT2D eigenvalue weighted by molar-refractivity contribution is -0.130. The zero-order valence-corrected chi connectivity index (χ0v) is 18.4. The highest BCUT2D eigenvalue weighted by Gasteiger charge is 2.33. The number of hydrogen-bond donors (Lipinski definition) is 0. The van der Waals surface area contributed by atoms with Crippen LogP contribution in [0, 0.1) is 0 Å². The first-order valence-corrected chi connectivity index (χ1v) is 11.9. The van der Waals surface area contributed by atoms with Crippen LogP contribution in [0.1, 0.15) is 35.7 Å². The summed E-state index contributed by atoms with van der Waals surface area (Å²) in [6.07, 6.45) is 3.05. The summed E-state index contributed by atoms with van der Waals surface area (Å²) in [5.41, 5.74) is 2.00. The molecule has 0 N–H and O–H groups in total. The molecule has 1 aromatic carbocycles. The minimum atomic E-state index is -0.108. The number of nitrogens with zero attached hydrogens (tertiary/aromatic N) is 3. The van der Waals surface area contributed by atoms with Crippen LogP contribution in [-0.2, 0) is 4.79 Å². The molecule has 1 atom stereocenters. The number of benzene rings is 1. The third-order valence-corrected chi connectivity index (χ3v) is 7.59. The van der Waals surface area contributed by atoms with Gasteiger partial charge in [-0.2, -0.15) is 5.10 Å². The van der Waals surface area contributed by atoms with Gasteiger partial charge in [-0.3, -0.25) is 4.79 Å². The van der Waals surface area contributed by atoms with E-state index < -0.39 is 0 Å². The molecule has 1 saturated heterocycles. The summed E-state index contributed by atoms with van der Waals surface area (Å²) in [4.78, 5) is 16.3. The van der Waals surface area contributed by atoms with E-state index in [9.17, 15) is 4.79 Å². The van der Waals surface area contributed by atoms with E-state index in [1.54, 1.807) is 16.3 Å². The number of thiocarbonyl (C=S) groups is 1. The van der Waals surface area contributed by atoms with Gasteiger partial charge in [0, 0.05) is 24.5 Å². The number of carbonyl (C=O) groups is 1. The number of halogens is 1. The van der Waals surface area contributed by atoms with Crippen LogP contribution < -0.4 is 0 Å². The maximum Gasteiger partial charge on any atom is 0.253 e. The third kappa shape index (κ3) is 4.43. The van der Waals surface area contributed by atoms with Crippen LogP contribution in [0.15, 0.2) is 46.9 Å². The van der Waals surface area contributed by atoms with Crippen LogP contribution in [0.5, 0.6) is 0 Å². The molecule has 2 aromatic rings. The van der Waals surface area contributed by atoms with Gasteiger partial charge < -0.3 is 4.90 Å². The van der Waals surface area contributed by atoms with Crippen molar-refractivity contribution in [2.45, 2.75) is 25.3 Å². The van der Waals surface area contributed by atoms with E-state index in [1.807, 2.05) is 41.8 Å². The summed E-state index contributed by atoms with van der Waals surface area (Å²) in [5, 5.41) is 9.05. The van der Waals surface area contributed by atoms with Crippen LogP contribution in [0.25, 0.3) is 0 Å². The molecule has 4 nitrogen and oxygen atoms in total. The molecule has 1 aromatic heterocycles. The minimum absolute atomic E-state index is 0.0157. The zero-order chi connectivity index (χ0) is 19.5. The van der Waals surface area contributed by atoms with E-state index in [1.165, 1.54) is 24.6 Å². The molecule has 0 spiro atoms. The molecule has 28 heavy (non-hydrogen) atoms. The van der Waals surface area contributed by atoms with Crippen molar-refractivity contribution >= 4 is 62.9 Å². The van der Waals surface area contributed by atoms with Crippen LogP contribution in [-0.4, -0.2) is 44.7 Å². The summed E-state index contributed by atoms with van der Waals surface area (Å²) in [6.45, 7) is 2.00. The molecule has 0 aliphatic carbocycles. The number of hydrogen-bond acceptors (Lipinski definition) is 5. The lowest BCUT2D eigenvalue weighted by atomic mass is 10.0. The highest BCUT2D eigenvalue weighted by molar-refractivity contribution is 8.23. The summed E-state index contributed by atoms with van der Waals surface area (Å²) in [5.74, 6) is 0.291. The van der Waals surface area contributed by atoms with E-state index >= 15 is 0 Å². The first kappa shape index (κ1) is 19.9. The summed E-state index contributed by atoms with van der Waals surface area (Å²) >= 11 is 14.6. The topological polar surface area (TPSA) is 35.9 Å². The standard InChI is InChI=1S/C20H20ClN3OS3/c21-15-7-5-14(6-8-15)17-12-16(18-4-3-11-27-18)22-24(17)19(25)13-28-20(26)23-9-1-2-10-23/h3-8,11,17H,1-2,9-10,12-13H2. The first-order chi connectivity index (χ1) is 13.6. The highest BCUT2D eigenvalue weighted by Crippen LogP contribution is 2.34. The van der Waals surface area contributed by atoms with Crippen molar-refractivity contribution in [1.29, 1.82) is 0 Å². The highest BCUT2D eigenvalue weighted by atomic mass is 35.5. The minimum Gasteiger partial charge on any atom is -0.358 e. The number of hydrazone groups is 1. The second kappa shape index (κ2) is 8.95. The second-order valence-corrected chi connectivity index (χ2v) is 9.78. The summed E-state index contributed by atoms with van der Waals surface area (Å²) in [7, 11) is 0. The third-order valence-electron chi connectivity index (χ3n) is 4.91. The molecule has 1 amide bonds. The molecule has 1 fully saturated rings. The SMILES string of the molecule is O=C(CSC(=S)N1CCCC1)N1N=C(c2cccs2)CC1c1ccc(Cl)cc1. The molecule has 146 valence electrons. The summed E-state index contributed by atoms with van der Waals surface area (Å²) < 4.78 is 0.815. The Kier molecular flexibility index (Phi) is 6.35. The maximum absolute atomic E-state index is 13.0. The van der Waals surface area contributed by atoms with Crippen LogP contribution in [0.4, 0.5) is 0 Å². The van der Waals surface area contributed by atoms with Crippen LogP contribution in [0.3, 0.4) is 0 Å². The van der Waals surface area contributed by atoms with Crippen molar-refractivity contribution in [1.82, 2.24) is 9.91 Å². The van der Waals surface area contributed by atoms with Crippen molar-refractivity contribution in [3.05, 3.63) is 57.2 Å². The number of rotatable bonds is 4. The zero-order valence-electron chi connectivity index (χ0n) is 15.2.